The summed E-state index contributed by atoms with van der Waals surface area (Å²) >= 11 is 1.48. The molecule has 0 spiro atoms. The van der Waals surface area contributed by atoms with Gasteiger partial charge in [-0.05, 0) is 36.8 Å². The van der Waals surface area contributed by atoms with E-state index < -0.39 is 0 Å². The molecular formula is C18H15N3O3S. The van der Waals surface area contributed by atoms with Crippen molar-refractivity contribution in [1.29, 1.82) is 0 Å². The number of ether oxygens (including phenoxy) is 2. The van der Waals surface area contributed by atoms with Gasteiger partial charge in [-0.1, -0.05) is 6.07 Å². The van der Waals surface area contributed by atoms with Gasteiger partial charge in [-0.15, -0.1) is 11.3 Å². The fourth-order valence-corrected chi connectivity index (χ4v) is 3.54. The molecule has 1 aliphatic heterocycles. The number of hydrogen-bond acceptors (Lipinski definition) is 6. The zero-order valence-corrected chi connectivity index (χ0v) is 14.3. The lowest BCUT2D eigenvalue weighted by atomic mass is 10.1. The fourth-order valence-electron chi connectivity index (χ4n) is 2.55. The molecule has 0 unspecified atom stereocenters. The van der Waals surface area contributed by atoms with E-state index in [0.717, 1.165) is 34.1 Å². The van der Waals surface area contributed by atoms with Crippen LogP contribution in [0.3, 0.4) is 0 Å². The highest BCUT2D eigenvalue weighted by Crippen LogP contribution is 2.34. The third kappa shape index (κ3) is 3.32. The van der Waals surface area contributed by atoms with Gasteiger partial charge in [-0.3, -0.25) is 15.1 Å². The van der Waals surface area contributed by atoms with E-state index in [1.165, 1.54) is 17.5 Å². The van der Waals surface area contributed by atoms with E-state index >= 15 is 0 Å². The Kier molecular flexibility index (Phi) is 4.07. The molecule has 1 aliphatic rings. The van der Waals surface area contributed by atoms with Crippen LogP contribution in [0.15, 0.2) is 42.7 Å². The predicted octanol–water partition coefficient (Wildman–Crippen LogP) is 3.42. The van der Waals surface area contributed by atoms with Crippen LogP contribution in [-0.4, -0.2) is 22.7 Å². The molecule has 126 valence electrons. The Labute approximate surface area is 148 Å². The molecule has 0 radical (unpaired) electrons. The van der Waals surface area contributed by atoms with Crippen LogP contribution in [0.1, 0.15) is 26.5 Å². The summed E-state index contributed by atoms with van der Waals surface area (Å²) in [6.07, 6.45) is 3.89. The lowest BCUT2D eigenvalue weighted by Gasteiger charge is -2.02. The molecule has 0 fully saturated rings. The Morgan fingerprint density at radius 2 is 2.16 bits per heavy atom. The van der Waals surface area contributed by atoms with Crippen molar-refractivity contribution in [2.75, 3.05) is 12.1 Å². The molecule has 6 nitrogen and oxygen atoms in total. The summed E-state index contributed by atoms with van der Waals surface area (Å²) in [6.45, 7) is 2.21. The Hall–Kier alpha value is -2.93. The van der Waals surface area contributed by atoms with Gasteiger partial charge in [0.15, 0.2) is 16.6 Å². The molecule has 4 rings (SSSR count). The van der Waals surface area contributed by atoms with Crippen LogP contribution in [0.5, 0.6) is 11.5 Å². The minimum atomic E-state index is -0.212. The largest absolute Gasteiger partial charge is 0.454 e. The van der Waals surface area contributed by atoms with Crippen molar-refractivity contribution in [3.8, 4) is 11.5 Å². The molecule has 0 bridgehead atoms. The fraction of sp³-hybridized carbons (Fsp3) is 0.167. The van der Waals surface area contributed by atoms with Gasteiger partial charge in [-0.2, -0.15) is 0 Å². The van der Waals surface area contributed by atoms with Gasteiger partial charge in [0.05, 0.1) is 11.3 Å². The van der Waals surface area contributed by atoms with E-state index in [-0.39, 0.29) is 12.7 Å². The minimum absolute atomic E-state index is 0.212. The van der Waals surface area contributed by atoms with Crippen molar-refractivity contribution < 1.29 is 14.3 Å². The summed E-state index contributed by atoms with van der Waals surface area (Å²) < 4.78 is 10.7. The molecule has 2 aromatic heterocycles. The summed E-state index contributed by atoms with van der Waals surface area (Å²) in [4.78, 5) is 21.7. The van der Waals surface area contributed by atoms with Gasteiger partial charge < -0.3 is 9.47 Å². The Bertz CT molecular complexity index is 925. The van der Waals surface area contributed by atoms with Crippen LogP contribution >= 0.6 is 11.3 Å². The number of nitrogens with zero attached hydrogens (tertiary/aromatic N) is 2. The molecule has 1 N–H and O–H groups in total. The van der Waals surface area contributed by atoms with Gasteiger partial charge in [-0.25, -0.2) is 4.98 Å². The van der Waals surface area contributed by atoms with E-state index in [2.05, 4.69) is 15.3 Å². The maximum Gasteiger partial charge on any atom is 0.259 e. The van der Waals surface area contributed by atoms with Crippen molar-refractivity contribution in [2.24, 2.45) is 0 Å². The van der Waals surface area contributed by atoms with Crippen molar-refractivity contribution in [3.63, 3.8) is 0 Å². The number of nitrogens with one attached hydrogen (secondary N) is 1. The van der Waals surface area contributed by atoms with E-state index in [9.17, 15) is 4.79 Å². The van der Waals surface area contributed by atoms with Crippen LogP contribution in [0.4, 0.5) is 5.13 Å². The van der Waals surface area contributed by atoms with Crippen LogP contribution in [0, 0.1) is 6.92 Å². The zero-order chi connectivity index (χ0) is 17.2. The van der Waals surface area contributed by atoms with Crippen LogP contribution in [0.25, 0.3) is 0 Å². The lowest BCUT2D eigenvalue weighted by Crippen LogP contribution is -2.11. The lowest BCUT2D eigenvalue weighted by molar-refractivity contribution is 0.102. The molecule has 0 saturated carbocycles. The van der Waals surface area contributed by atoms with Gasteiger partial charge in [0.2, 0.25) is 6.79 Å². The molecule has 0 atom stereocenters. The average molecular weight is 353 g/mol. The molecule has 25 heavy (non-hydrogen) atoms. The standard InChI is InChI=1S/C18H15N3O3S/c1-11-16(8-12-4-5-14-15(7-12)24-10-23-14)25-18(20-11)21-17(22)13-3-2-6-19-9-13/h2-7,9H,8,10H2,1H3,(H,20,21,22). The maximum atomic E-state index is 12.2. The zero-order valence-electron chi connectivity index (χ0n) is 13.5. The first kappa shape index (κ1) is 15.6. The number of aromatic nitrogens is 2. The molecule has 3 aromatic rings. The second-order valence-corrected chi connectivity index (χ2v) is 6.67. The van der Waals surface area contributed by atoms with Gasteiger partial charge in [0.25, 0.3) is 5.91 Å². The van der Waals surface area contributed by atoms with Crippen molar-refractivity contribution in [2.45, 2.75) is 13.3 Å². The number of rotatable bonds is 4. The highest BCUT2D eigenvalue weighted by Gasteiger charge is 2.16. The van der Waals surface area contributed by atoms with Gasteiger partial charge >= 0.3 is 0 Å². The topological polar surface area (TPSA) is 73.3 Å². The van der Waals surface area contributed by atoms with Gasteiger partial charge in [0, 0.05) is 23.7 Å². The summed E-state index contributed by atoms with van der Waals surface area (Å²) in [5, 5.41) is 3.42. The number of anilines is 1. The van der Waals surface area contributed by atoms with Crippen LogP contribution in [-0.2, 0) is 6.42 Å². The Morgan fingerprint density at radius 3 is 3.00 bits per heavy atom. The molecule has 0 saturated heterocycles. The first-order valence-electron chi connectivity index (χ1n) is 7.75. The summed E-state index contributed by atoms with van der Waals surface area (Å²) in [5.74, 6) is 1.33. The van der Waals surface area contributed by atoms with Crippen LogP contribution in [0.2, 0.25) is 0 Å². The summed E-state index contributed by atoms with van der Waals surface area (Å²) in [6, 6.07) is 9.36. The number of thiazole rings is 1. The first-order chi connectivity index (χ1) is 12.2. The molecule has 1 amide bonds. The molecular weight excluding hydrogens is 338 g/mol. The Balaban J connectivity index is 1.49. The number of pyridine rings is 1. The van der Waals surface area contributed by atoms with Crippen LogP contribution < -0.4 is 14.8 Å². The number of carbonyl (C=O) groups is 1. The number of hydrogen-bond donors (Lipinski definition) is 1. The second kappa shape index (κ2) is 6.52. The maximum absolute atomic E-state index is 12.2. The number of carbonyl (C=O) groups excluding carboxylic acids is 1. The van der Waals surface area contributed by atoms with E-state index in [0.29, 0.717) is 10.7 Å². The van der Waals surface area contributed by atoms with E-state index in [1.54, 1.807) is 18.3 Å². The highest BCUT2D eigenvalue weighted by molar-refractivity contribution is 7.15. The van der Waals surface area contributed by atoms with Gasteiger partial charge in [0.1, 0.15) is 0 Å². The monoisotopic (exact) mass is 353 g/mol. The number of aryl methyl sites for hydroxylation is 1. The average Bonchev–Trinajstić information content (AvgIpc) is 3.22. The molecule has 1 aromatic carbocycles. The normalized spacial score (nSPS) is 12.2. The quantitative estimate of drug-likeness (QED) is 0.778. The van der Waals surface area contributed by atoms with Crippen molar-refractivity contribution >= 4 is 22.4 Å². The number of amides is 1. The van der Waals surface area contributed by atoms with Crippen molar-refractivity contribution in [1.82, 2.24) is 9.97 Å². The second-order valence-electron chi connectivity index (χ2n) is 5.59. The SMILES string of the molecule is Cc1nc(NC(=O)c2cccnc2)sc1Cc1ccc2c(c1)OCO2. The third-order valence-electron chi connectivity index (χ3n) is 3.84. The van der Waals surface area contributed by atoms with E-state index in [1.807, 2.05) is 25.1 Å². The molecule has 7 heteroatoms. The predicted molar refractivity (Wildman–Crippen MR) is 94.4 cm³/mol. The third-order valence-corrected chi connectivity index (χ3v) is 4.91. The minimum Gasteiger partial charge on any atom is -0.454 e. The van der Waals surface area contributed by atoms with Crippen molar-refractivity contribution in [3.05, 3.63) is 64.4 Å². The summed E-state index contributed by atoms with van der Waals surface area (Å²) in [5.41, 5.74) is 2.53. The first-order valence-corrected chi connectivity index (χ1v) is 8.57. The Morgan fingerprint density at radius 1 is 1.28 bits per heavy atom. The molecule has 0 aliphatic carbocycles. The smallest absolute Gasteiger partial charge is 0.259 e. The molecule has 3 heterocycles. The number of fused-ring (bicyclic) bond motifs is 1. The highest BCUT2D eigenvalue weighted by atomic mass is 32.1. The number of benzene rings is 1. The summed E-state index contributed by atoms with van der Waals surface area (Å²) in [7, 11) is 0. The van der Waals surface area contributed by atoms with E-state index in [4.69, 9.17) is 9.47 Å².